The number of urea groups is 1. The molecular weight excluding hydrogens is 298 g/mol. The molecule has 3 N–H and O–H groups in total. The summed E-state index contributed by atoms with van der Waals surface area (Å²) in [4.78, 5) is 38.9. The molecule has 23 heavy (non-hydrogen) atoms. The van der Waals surface area contributed by atoms with E-state index >= 15 is 0 Å². The van der Waals surface area contributed by atoms with Gasteiger partial charge in [0, 0.05) is 12.2 Å². The topological polar surface area (TPSA) is 86.2 Å². The molecule has 8 nitrogen and oxygen atoms in total. The van der Waals surface area contributed by atoms with Crippen molar-refractivity contribution in [2.45, 2.75) is 19.8 Å². The van der Waals surface area contributed by atoms with Crippen LogP contribution in [0.1, 0.15) is 19.8 Å². The van der Waals surface area contributed by atoms with Crippen LogP contribution in [0.15, 0.2) is 12.3 Å². The number of nitrogens with one attached hydrogen (secondary N) is 3. The molecule has 0 radical (unpaired) electrons. The zero-order chi connectivity index (χ0) is 17.0. The highest BCUT2D eigenvalue weighted by Gasteiger charge is 2.42. The minimum Gasteiger partial charge on any atom is -0.335 e. The largest absolute Gasteiger partial charge is 0.335 e. The van der Waals surface area contributed by atoms with Crippen molar-refractivity contribution in [3.63, 3.8) is 0 Å². The number of rotatable bonds is 6. The lowest BCUT2D eigenvalue weighted by atomic mass is 10.0. The van der Waals surface area contributed by atoms with Gasteiger partial charge in [-0.1, -0.05) is 19.9 Å². The van der Waals surface area contributed by atoms with Gasteiger partial charge in [0.1, 0.15) is 0 Å². The zero-order valence-corrected chi connectivity index (χ0v) is 13.9. The molecule has 2 fully saturated rings. The lowest BCUT2D eigenvalue weighted by Crippen LogP contribution is -3.12. The second-order valence-electron chi connectivity index (χ2n) is 6.15. The minimum absolute atomic E-state index is 0.316. The quantitative estimate of drug-likeness (QED) is 0.509. The molecule has 2 heterocycles. The second kappa shape index (κ2) is 7.56. The van der Waals surface area contributed by atoms with Crippen LogP contribution in [0, 0.1) is 5.92 Å². The molecule has 2 rings (SSSR count). The summed E-state index contributed by atoms with van der Waals surface area (Å²) in [6.45, 7) is 9.72. The van der Waals surface area contributed by atoms with E-state index in [2.05, 4.69) is 24.4 Å². The molecule has 0 bridgehead atoms. The van der Waals surface area contributed by atoms with Crippen molar-refractivity contribution in [1.29, 1.82) is 0 Å². The summed E-state index contributed by atoms with van der Waals surface area (Å²) in [5, 5.41) is 4.21. The van der Waals surface area contributed by atoms with Gasteiger partial charge in [-0.2, -0.15) is 0 Å². The fourth-order valence-corrected chi connectivity index (χ4v) is 2.72. The van der Waals surface area contributed by atoms with Crippen LogP contribution in [0.4, 0.5) is 4.79 Å². The zero-order valence-electron chi connectivity index (χ0n) is 13.9. The number of carbonyl (C=O) groups excluding carboxylic acids is 3. The van der Waals surface area contributed by atoms with Crippen LogP contribution in [0.25, 0.3) is 0 Å². The average molecular weight is 324 g/mol. The number of hydrogen-bond acceptors (Lipinski definition) is 5. The predicted molar refractivity (Wildman–Crippen MR) is 84.1 cm³/mol. The maximum absolute atomic E-state index is 12.5. The summed E-state index contributed by atoms with van der Waals surface area (Å²) in [6.07, 6.45) is 1.57. The van der Waals surface area contributed by atoms with Crippen molar-refractivity contribution < 1.29 is 19.3 Å². The Morgan fingerprint density at radius 3 is 2.61 bits per heavy atom. The normalized spacial score (nSPS) is 23.8. The van der Waals surface area contributed by atoms with Crippen LogP contribution in [-0.4, -0.2) is 67.5 Å². The fraction of sp³-hybridized carbons (Fsp3) is 0.667. The minimum atomic E-state index is -1.06. The summed E-state index contributed by atoms with van der Waals surface area (Å²) in [7, 11) is 2.13. The number of quaternary nitrogens is 1. The summed E-state index contributed by atoms with van der Waals surface area (Å²) in [6, 6.07) is -0.638. The predicted octanol–water partition coefficient (Wildman–Crippen LogP) is -1.67. The Morgan fingerprint density at radius 1 is 1.35 bits per heavy atom. The number of carbonyl (C=O) groups is 3. The van der Waals surface area contributed by atoms with E-state index in [4.69, 9.17) is 0 Å². The highest BCUT2D eigenvalue weighted by Crippen LogP contribution is 2.17. The third-order valence-corrected chi connectivity index (χ3v) is 4.25. The van der Waals surface area contributed by atoms with Gasteiger partial charge < -0.3 is 10.3 Å². The van der Waals surface area contributed by atoms with Gasteiger partial charge in [-0.3, -0.25) is 19.8 Å². The van der Waals surface area contributed by atoms with Crippen LogP contribution in [-0.2, 0) is 9.59 Å². The van der Waals surface area contributed by atoms with Gasteiger partial charge in [0.05, 0.1) is 33.2 Å². The Hall–Kier alpha value is -1.93. The number of barbiturate groups is 1. The Balaban J connectivity index is 2.01. The first kappa shape index (κ1) is 17.4. The number of hydrogen-bond donors (Lipinski definition) is 3. The van der Waals surface area contributed by atoms with Crippen molar-refractivity contribution in [2.24, 2.45) is 5.92 Å². The third-order valence-electron chi connectivity index (χ3n) is 4.25. The van der Waals surface area contributed by atoms with Gasteiger partial charge in [-0.15, -0.1) is 0 Å². The molecule has 8 heteroatoms. The molecule has 128 valence electrons. The Bertz CT molecular complexity index is 499. The average Bonchev–Trinajstić information content (AvgIpc) is 2.49. The highest BCUT2D eigenvalue weighted by molar-refractivity contribution is 6.17. The van der Waals surface area contributed by atoms with Gasteiger partial charge >= 0.3 is 6.03 Å². The van der Waals surface area contributed by atoms with E-state index in [0.717, 1.165) is 37.5 Å². The summed E-state index contributed by atoms with van der Waals surface area (Å²) < 4.78 is 0. The molecule has 0 saturated carbocycles. The van der Waals surface area contributed by atoms with Crippen molar-refractivity contribution in [3.8, 4) is 0 Å². The number of hydrazine groups is 1. The lowest BCUT2D eigenvalue weighted by Gasteiger charge is -2.35. The van der Waals surface area contributed by atoms with Crippen molar-refractivity contribution in [2.75, 3.05) is 39.8 Å². The van der Waals surface area contributed by atoms with Crippen molar-refractivity contribution in [1.82, 2.24) is 20.7 Å². The second-order valence-corrected chi connectivity index (χ2v) is 6.15. The molecule has 0 unspecified atom stereocenters. The molecule has 4 amide bonds. The third kappa shape index (κ3) is 4.08. The van der Waals surface area contributed by atoms with Gasteiger partial charge in [0.15, 0.2) is 5.92 Å². The van der Waals surface area contributed by atoms with Crippen LogP contribution in [0.2, 0.25) is 0 Å². The first-order chi connectivity index (χ1) is 10.9. The van der Waals surface area contributed by atoms with E-state index in [9.17, 15) is 14.4 Å². The van der Waals surface area contributed by atoms with Gasteiger partial charge in [0.2, 0.25) is 11.8 Å². The van der Waals surface area contributed by atoms with E-state index < -0.39 is 23.8 Å². The Kier molecular flexibility index (Phi) is 5.73. The standard InChI is InChI=1S/C15H25N5O3/c1-4-5-6-20-14(22)12(13(21)16-15(20)23)11(2)17-19-9-7-18(3)8-10-19/h12,17H,2,4-10H2,1,3H3,(H,16,21,23)/p+1/t12-/m0/s1. The molecule has 0 aromatic heterocycles. The summed E-state index contributed by atoms with van der Waals surface area (Å²) in [5.74, 6) is -2.16. The number of nitrogens with zero attached hydrogens (tertiary/aromatic N) is 2. The molecule has 0 aromatic rings. The number of unbranched alkanes of at least 4 members (excludes halogenated alkanes) is 1. The van der Waals surface area contributed by atoms with E-state index in [0.29, 0.717) is 18.7 Å². The monoisotopic (exact) mass is 324 g/mol. The molecule has 2 aliphatic heterocycles. The highest BCUT2D eigenvalue weighted by atomic mass is 16.2. The number of amides is 4. The van der Waals surface area contributed by atoms with E-state index in [1.165, 1.54) is 4.90 Å². The molecule has 2 aliphatic rings. The van der Waals surface area contributed by atoms with E-state index in [-0.39, 0.29) is 0 Å². The molecule has 0 aromatic carbocycles. The molecular formula is C15H26N5O3+. The van der Waals surface area contributed by atoms with Crippen LogP contribution < -0.4 is 15.6 Å². The lowest BCUT2D eigenvalue weighted by molar-refractivity contribution is -0.884. The van der Waals surface area contributed by atoms with Gasteiger partial charge in [-0.05, 0) is 6.42 Å². The molecule has 1 atom stereocenters. The number of likely N-dealkylation sites (N-methyl/N-ethyl adjacent to an activating group) is 1. The first-order valence-electron chi connectivity index (χ1n) is 8.12. The number of piperazine rings is 1. The molecule has 0 spiro atoms. The van der Waals surface area contributed by atoms with Gasteiger partial charge in [0.25, 0.3) is 0 Å². The summed E-state index contributed by atoms with van der Waals surface area (Å²) >= 11 is 0. The molecule has 2 saturated heterocycles. The van der Waals surface area contributed by atoms with Crippen molar-refractivity contribution >= 4 is 17.8 Å². The molecule has 0 aliphatic carbocycles. The van der Waals surface area contributed by atoms with Gasteiger partial charge in [-0.25, -0.2) is 9.80 Å². The maximum atomic E-state index is 12.5. The van der Waals surface area contributed by atoms with Crippen molar-refractivity contribution in [3.05, 3.63) is 12.3 Å². The SMILES string of the molecule is C=C(NN1CC[NH+](C)CC1)[C@H]1C(=O)NC(=O)N(CCCC)C1=O. The van der Waals surface area contributed by atoms with Crippen LogP contribution in [0.3, 0.4) is 0 Å². The van der Waals surface area contributed by atoms with Crippen LogP contribution in [0.5, 0.6) is 0 Å². The Labute approximate surface area is 136 Å². The smallest absolute Gasteiger partial charge is 0.330 e. The van der Waals surface area contributed by atoms with Crippen LogP contribution >= 0.6 is 0 Å². The van der Waals surface area contributed by atoms with E-state index in [1.807, 2.05) is 11.9 Å². The fourth-order valence-electron chi connectivity index (χ4n) is 2.72. The number of imide groups is 2. The first-order valence-corrected chi connectivity index (χ1v) is 8.12. The maximum Gasteiger partial charge on any atom is 0.330 e. The Morgan fingerprint density at radius 2 is 2.00 bits per heavy atom. The van der Waals surface area contributed by atoms with E-state index in [1.54, 1.807) is 0 Å². The summed E-state index contributed by atoms with van der Waals surface area (Å²) in [5.41, 5.74) is 3.39.